The second-order valence-electron chi connectivity index (χ2n) is 6.04. The lowest BCUT2D eigenvalue weighted by atomic mass is 10.1. The van der Waals surface area contributed by atoms with Gasteiger partial charge in [0.1, 0.15) is 0 Å². The predicted molar refractivity (Wildman–Crippen MR) is 88.7 cm³/mol. The van der Waals surface area contributed by atoms with Gasteiger partial charge in [0.25, 0.3) is 5.91 Å². The zero-order valence-corrected chi connectivity index (χ0v) is 13.6. The predicted octanol–water partition coefficient (Wildman–Crippen LogP) is 3.48. The van der Waals surface area contributed by atoms with Gasteiger partial charge in [-0.15, -0.1) is 0 Å². The van der Waals surface area contributed by atoms with Crippen LogP contribution < -0.4 is 0 Å². The van der Waals surface area contributed by atoms with Crippen LogP contribution in [0.25, 0.3) is 0 Å². The van der Waals surface area contributed by atoms with E-state index in [1.807, 2.05) is 18.2 Å². The maximum atomic E-state index is 13.3. The molecule has 2 aromatic rings. The molecule has 1 unspecified atom stereocenters. The molecule has 126 valence electrons. The van der Waals surface area contributed by atoms with Crippen LogP contribution in [0.15, 0.2) is 48.5 Å². The normalized spacial score (nSPS) is 16.9. The van der Waals surface area contributed by atoms with Crippen molar-refractivity contribution < 1.29 is 13.6 Å². The Bertz CT molecular complexity index is 713. The topological polar surface area (TPSA) is 23.6 Å². The van der Waals surface area contributed by atoms with Crippen molar-refractivity contribution in [1.29, 1.82) is 0 Å². The van der Waals surface area contributed by atoms with E-state index < -0.39 is 11.6 Å². The summed E-state index contributed by atoms with van der Waals surface area (Å²) in [6, 6.07) is 13.8. The lowest BCUT2D eigenvalue weighted by Crippen LogP contribution is -2.49. The summed E-state index contributed by atoms with van der Waals surface area (Å²) in [7, 11) is 0. The molecule has 1 aliphatic rings. The van der Waals surface area contributed by atoms with Crippen molar-refractivity contribution in [2.45, 2.75) is 13.0 Å². The summed E-state index contributed by atoms with van der Waals surface area (Å²) in [5, 5.41) is 0. The lowest BCUT2D eigenvalue weighted by Gasteiger charge is -2.38. The SMILES string of the molecule is CC(c1ccccc1)N1CCN(C(=O)c2ccc(F)c(F)c2)CC1. The van der Waals surface area contributed by atoms with E-state index in [1.54, 1.807) is 4.90 Å². The van der Waals surface area contributed by atoms with Gasteiger partial charge in [-0.1, -0.05) is 30.3 Å². The van der Waals surface area contributed by atoms with Crippen molar-refractivity contribution in [3.8, 4) is 0 Å². The molecule has 1 atom stereocenters. The first-order chi connectivity index (χ1) is 11.6. The van der Waals surface area contributed by atoms with Crippen LogP contribution in [0.3, 0.4) is 0 Å². The van der Waals surface area contributed by atoms with Crippen molar-refractivity contribution >= 4 is 5.91 Å². The van der Waals surface area contributed by atoms with Crippen molar-refractivity contribution in [2.75, 3.05) is 26.2 Å². The Hall–Kier alpha value is -2.27. The molecule has 24 heavy (non-hydrogen) atoms. The fourth-order valence-electron chi connectivity index (χ4n) is 3.07. The Balaban J connectivity index is 1.62. The molecule has 1 amide bonds. The van der Waals surface area contributed by atoms with Crippen LogP contribution >= 0.6 is 0 Å². The summed E-state index contributed by atoms with van der Waals surface area (Å²) in [5.74, 6) is -2.17. The van der Waals surface area contributed by atoms with Crippen LogP contribution in [0.2, 0.25) is 0 Å². The number of hydrogen-bond acceptors (Lipinski definition) is 2. The Morgan fingerprint density at radius 1 is 0.958 bits per heavy atom. The Morgan fingerprint density at radius 2 is 1.62 bits per heavy atom. The van der Waals surface area contributed by atoms with E-state index >= 15 is 0 Å². The van der Waals surface area contributed by atoms with Crippen LogP contribution in [0, 0.1) is 11.6 Å². The first-order valence-electron chi connectivity index (χ1n) is 8.09. The number of halogens is 2. The molecule has 5 heteroatoms. The first-order valence-corrected chi connectivity index (χ1v) is 8.09. The number of piperazine rings is 1. The summed E-state index contributed by atoms with van der Waals surface area (Å²) in [4.78, 5) is 16.4. The highest BCUT2D eigenvalue weighted by Crippen LogP contribution is 2.22. The minimum Gasteiger partial charge on any atom is -0.336 e. The standard InChI is InChI=1S/C19H20F2N2O/c1-14(15-5-3-2-4-6-15)22-9-11-23(12-10-22)19(24)16-7-8-17(20)18(21)13-16/h2-8,13-14H,9-12H2,1H3. The fourth-order valence-corrected chi connectivity index (χ4v) is 3.07. The van der Waals surface area contributed by atoms with E-state index in [1.165, 1.54) is 11.6 Å². The number of nitrogens with zero attached hydrogens (tertiary/aromatic N) is 2. The zero-order valence-electron chi connectivity index (χ0n) is 13.6. The second-order valence-corrected chi connectivity index (χ2v) is 6.04. The van der Waals surface area contributed by atoms with Crippen LogP contribution in [0.1, 0.15) is 28.9 Å². The van der Waals surface area contributed by atoms with E-state index in [9.17, 15) is 13.6 Å². The third-order valence-corrected chi connectivity index (χ3v) is 4.60. The van der Waals surface area contributed by atoms with Crippen LogP contribution in [0.5, 0.6) is 0 Å². The van der Waals surface area contributed by atoms with Gasteiger partial charge >= 0.3 is 0 Å². The molecule has 1 saturated heterocycles. The molecule has 1 fully saturated rings. The van der Waals surface area contributed by atoms with Gasteiger partial charge in [-0.05, 0) is 30.7 Å². The maximum absolute atomic E-state index is 13.3. The monoisotopic (exact) mass is 330 g/mol. The molecular formula is C19H20F2N2O. The van der Waals surface area contributed by atoms with Gasteiger partial charge in [0.2, 0.25) is 0 Å². The molecule has 0 aromatic heterocycles. The maximum Gasteiger partial charge on any atom is 0.254 e. The smallest absolute Gasteiger partial charge is 0.254 e. The molecule has 0 aliphatic carbocycles. The summed E-state index contributed by atoms with van der Waals surface area (Å²) < 4.78 is 26.3. The van der Waals surface area contributed by atoms with Crippen LogP contribution in [-0.2, 0) is 0 Å². The number of carbonyl (C=O) groups is 1. The Morgan fingerprint density at radius 3 is 2.25 bits per heavy atom. The first kappa shape index (κ1) is 16.6. The molecule has 0 spiro atoms. The minimum atomic E-state index is -0.989. The summed E-state index contributed by atoms with van der Waals surface area (Å²) in [5.41, 5.74) is 1.44. The number of carbonyl (C=O) groups excluding carboxylic acids is 1. The molecule has 1 heterocycles. The number of rotatable bonds is 3. The van der Waals surface area contributed by atoms with Gasteiger partial charge in [0.15, 0.2) is 11.6 Å². The van der Waals surface area contributed by atoms with Gasteiger partial charge in [-0.25, -0.2) is 8.78 Å². The quantitative estimate of drug-likeness (QED) is 0.860. The third-order valence-electron chi connectivity index (χ3n) is 4.60. The average Bonchev–Trinajstić information content (AvgIpc) is 2.63. The molecule has 0 bridgehead atoms. The van der Waals surface area contributed by atoms with Crippen molar-refractivity contribution in [1.82, 2.24) is 9.80 Å². The van der Waals surface area contributed by atoms with E-state index in [0.29, 0.717) is 13.1 Å². The Labute approximate surface area is 140 Å². The highest BCUT2D eigenvalue weighted by atomic mass is 19.2. The molecule has 3 rings (SSSR count). The lowest BCUT2D eigenvalue weighted by molar-refractivity contribution is 0.0581. The summed E-state index contributed by atoms with van der Waals surface area (Å²) >= 11 is 0. The fraction of sp³-hybridized carbons (Fsp3) is 0.316. The molecule has 1 aliphatic heterocycles. The van der Waals surface area contributed by atoms with Crippen molar-refractivity contribution in [2.24, 2.45) is 0 Å². The van der Waals surface area contributed by atoms with Gasteiger partial charge in [0.05, 0.1) is 0 Å². The molecule has 0 saturated carbocycles. The van der Waals surface area contributed by atoms with Gasteiger partial charge in [-0.2, -0.15) is 0 Å². The van der Waals surface area contributed by atoms with Gasteiger partial charge in [-0.3, -0.25) is 9.69 Å². The molecule has 0 radical (unpaired) electrons. The van der Waals surface area contributed by atoms with E-state index in [-0.39, 0.29) is 17.5 Å². The Kier molecular flexibility index (Phi) is 4.90. The summed E-state index contributed by atoms with van der Waals surface area (Å²) in [6.07, 6.45) is 0. The molecule has 3 nitrogen and oxygen atoms in total. The van der Waals surface area contributed by atoms with Crippen LogP contribution in [-0.4, -0.2) is 41.9 Å². The van der Waals surface area contributed by atoms with Crippen molar-refractivity contribution in [3.63, 3.8) is 0 Å². The van der Waals surface area contributed by atoms with E-state index in [0.717, 1.165) is 25.2 Å². The van der Waals surface area contributed by atoms with E-state index in [4.69, 9.17) is 0 Å². The largest absolute Gasteiger partial charge is 0.336 e. The number of hydrogen-bond donors (Lipinski definition) is 0. The number of benzene rings is 2. The molecule has 2 aromatic carbocycles. The summed E-state index contributed by atoms with van der Waals surface area (Å²) in [6.45, 7) is 4.82. The average molecular weight is 330 g/mol. The van der Waals surface area contributed by atoms with E-state index in [2.05, 4.69) is 24.0 Å². The minimum absolute atomic E-state index is 0.193. The van der Waals surface area contributed by atoms with Crippen LogP contribution in [0.4, 0.5) is 8.78 Å². The highest BCUT2D eigenvalue weighted by molar-refractivity contribution is 5.94. The van der Waals surface area contributed by atoms with Gasteiger partial charge in [0, 0.05) is 37.8 Å². The van der Waals surface area contributed by atoms with Crippen molar-refractivity contribution in [3.05, 3.63) is 71.3 Å². The highest BCUT2D eigenvalue weighted by Gasteiger charge is 2.25. The molecular weight excluding hydrogens is 310 g/mol. The van der Waals surface area contributed by atoms with Gasteiger partial charge < -0.3 is 4.90 Å². The molecule has 0 N–H and O–H groups in total. The number of amides is 1. The zero-order chi connectivity index (χ0) is 17.1. The third kappa shape index (κ3) is 3.46. The second kappa shape index (κ2) is 7.09.